The van der Waals surface area contributed by atoms with E-state index in [1.165, 1.54) is 25.7 Å². The van der Waals surface area contributed by atoms with E-state index in [4.69, 9.17) is 0 Å². The van der Waals surface area contributed by atoms with Gasteiger partial charge in [-0.05, 0) is 36.8 Å². The summed E-state index contributed by atoms with van der Waals surface area (Å²) in [6.07, 6.45) is 5.38. The van der Waals surface area contributed by atoms with Crippen molar-refractivity contribution >= 4 is 24.8 Å². The number of hydrogen-bond acceptors (Lipinski definition) is 0. The van der Waals surface area contributed by atoms with Gasteiger partial charge in [0.25, 0.3) is 0 Å². The lowest BCUT2D eigenvalue weighted by atomic mass is 9.92. The third kappa shape index (κ3) is 4.29. The molecule has 0 fully saturated rings. The highest BCUT2D eigenvalue weighted by Gasteiger charge is 2.05. The van der Waals surface area contributed by atoms with Crippen molar-refractivity contribution in [2.75, 3.05) is 0 Å². The Hall–Kier alpha value is -0.280. The fraction of sp³-hybridized carbons (Fsp3) is 0.400. The molecular weight excluding hydrogens is 223 g/mol. The predicted octanol–water partition coefficient (Wildman–Crippen LogP) is 1.76. The minimum Gasteiger partial charge on any atom is -0.412 e. The summed E-state index contributed by atoms with van der Waals surface area (Å²) >= 11 is 0. The fourth-order valence-electron chi connectivity index (χ4n) is 1.68. The molecule has 4 heteroatoms. The van der Waals surface area contributed by atoms with E-state index < -0.39 is 0 Å². The second-order valence-electron chi connectivity index (χ2n) is 2.98. The maximum Gasteiger partial charge on any atom is -0.0276 e. The molecule has 0 radical (unpaired) electrons. The first kappa shape index (κ1) is 19.3. The van der Waals surface area contributed by atoms with E-state index in [0.717, 1.165) is 0 Å². The molecule has 0 saturated heterocycles. The molecule has 2 nitrogen and oxygen atoms in total. The molecule has 1 aromatic rings. The largest absolute Gasteiger partial charge is 0.412 e. The third-order valence-electron chi connectivity index (χ3n) is 2.26. The van der Waals surface area contributed by atoms with Gasteiger partial charge in [0.1, 0.15) is 0 Å². The molecule has 0 unspecified atom stereocenters. The van der Waals surface area contributed by atoms with Gasteiger partial charge in [-0.3, -0.25) is 0 Å². The Labute approximate surface area is 97.2 Å². The van der Waals surface area contributed by atoms with Gasteiger partial charge in [-0.15, -0.1) is 24.8 Å². The second-order valence-corrected chi connectivity index (χ2v) is 2.98. The number of fused-ring (bicyclic) bond motifs is 1. The quantitative estimate of drug-likeness (QED) is 0.664. The van der Waals surface area contributed by atoms with Gasteiger partial charge in [0.2, 0.25) is 0 Å². The van der Waals surface area contributed by atoms with Gasteiger partial charge in [0.15, 0.2) is 0 Å². The lowest BCUT2D eigenvalue weighted by Gasteiger charge is -2.13. The standard InChI is InChI=1S/C10H12.2ClH.2H2O/c1-2-6-10-8-4-3-7-9(10)5-1;;;;/h1-2,5-6H,3-4,7-8H2;2*1H;2*1H2. The van der Waals surface area contributed by atoms with Gasteiger partial charge in [-0.2, -0.15) is 0 Å². The molecule has 0 spiro atoms. The first-order valence-electron chi connectivity index (χ1n) is 4.03. The van der Waals surface area contributed by atoms with Crippen molar-refractivity contribution in [2.24, 2.45) is 0 Å². The van der Waals surface area contributed by atoms with Crippen LogP contribution in [0.1, 0.15) is 24.0 Å². The van der Waals surface area contributed by atoms with Crippen LogP contribution in [0.15, 0.2) is 24.3 Å². The highest BCUT2D eigenvalue weighted by Crippen LogP contribution is 2.19. The monoisotopic (exact) mass is 240 g/mol. The van der Waals surface area contributed by atoms with Crippen LogP contribution in [-0.4, -0.2) is 11.0 Å². The average molecular weight is 241 g/mol. The molecule has 84 valence electrons. The van der Waals surface area contributed by atoms with Crippen molar-refractivity contribution in [3.05, 3.63) is 35.4 Å². The summed E-state index contributed by atoms with van der Waals surface area (Å²) in [6.45, 7) is 0. The molecule has 0 aromatic heterocycles. The molecule has 0 aliphatic heterocycles. The van der Waals surface area contributed by atoms with E-state index in [1.54, 1.807) is 11.1 Å². The molecule has 0 amide bonds. The Morgan fingerprint density at radius 1 is 0.714 bits per heavy atom. The zero-order chi connectivity index (χ0) is 6.81. The maximum atomic E-state index is 2.26. The van der Waals surface area contributed by atoms with Gasteiger partial charge < -0.3 is 11.0 Å². The van der Waals surface area contributed by atoms with E-state index in [9.17, 15) is 0 Å². The fourth-order valence-corrected chi connectivity index (χ4v) is 1.68. The van der Waals surface area contributed by atoms with E-state index in [0.29, 0.717) is 0 Å². The molecule has 0 heterocycles. The molecule has 0 atom stereocenters. The smallest absolute Gasteiger partial charge is 0.0276 e. The van der Waals surface area contributed by atoms with Gasteiger partial charge in [0, 0.05) is 0 Å². The van der Waals surface area contributed by atoms with Crippen molar-refractivity contribution in [3.8, 4) is 0 Å². The number of benzene rings is 1. The Morgan fingerprint density at radius 3 is 1.43 bits per heavy atom. The van der Waals surface area contributed by atoms with Crippen molar-refractivity contribution in [3.63, 3.8) is 0 Å². The summed E-state index contributed by atoms with van der Waals surface area (Å²) in [5, 5.41) is 0. The third-order valence-corrected chi connectivity index (χ3v) is 2.26. The Kier molecular flexibility index (Phi) is 12.8. The number of rotatable bonds is 0. The Balaban J connectivity index is -0.000000302. The summed E-state index contributed by atoms with van der Waals surface area (Å²) < 4.78 is 0. The van der Waals surface area contributed by atoms with Crippen molar-refractivity contribution in [1.82, 2.24) is 0 Å². The Bertz CT molecular complexity index is 216. The second kappa shape index (κ2) is 9.28. The van der Waals surface area contributed by atoms with Crippen LogP contribution in [0.2, 0.25) is 0 Å². The van der Waals surface area contributed by atoms with Crippen molar-refractivity contribution < 1.29 is 11.0 Å². The van der Waals surface area contributed by atoms with Gasteiger partial charge in [0.05, 0.1) is 0 Å². The molecule has 0 saturated carbocycles. The molecule has 14 heavy (non-hydrogen) atoms. The zero-order valence-corrected chi connectivity index (χ0v) is 9.59. The highest BCUT2D eigenvalue weighted by molar-refractivity contribution is 5.85. The molecule has 1 aromatic carbocycles. The van der Waals surface area contributed by atoms with E-state index >= 15 is 0 Å². The van der Waals surface area contributed by atoms with Crippen LogP contribution in [0.25, 0.3) is 0 Å². The van der Waals surface area contributed by atoms with Gasteiger partial charge >= 0.3 is 0 Å². The lowest BCUT2D eigenvalue weighted by Crippen LogP contribution is -2.00. The van der Waals surface area contributed by atoms with Crippen molar-refractivity contribution in [1.29, 1.82) is 0 Å². The molecule has 1 aliphatic rings. The summed E-state index contributed by atoms with van der Waals surface area (Å²) in [7, 11) is 0. The number of hydrogen-bond donors (Lipinski definition) is 0. The first-order chi connectivity index (χ1) is 4.97. The summed E-state index contributed by atoms with van der Waals surface area (Å²) in [5.41, 5.74) is 3.16. The normalized spacial score (nSPS) is 11.7. The van der Waals surface area contributed by atoms with Crippen LogP contribution in [-0.2, 0) is 12.8 Å². The molecular formula is C10H18Cl2O2. The van der Waals surface area contributed by atoms with E-state index in [1.807, 2.05) is 0 Å². The molecule has 4 N–H and O–H groups in total. The maximum absolute atomic E-state index is 2.26. The minimum atomic E-state index is 0. The van der Waals surface area contributed by atoms with Crippen LogP contribution in [0.4, 0.5) is 0 Å². The summed E-state index contributed by atoms with van der Waals surface area (Å²) in [6, 6.07) is 8.80. The van der Waals surface area contributed by atoms with Crippen LogP contribution in [0.5, 0.6) is 0 Å². The topological polar surface area (TPSA) is 63.0 Å². The minimum absolute atomic E-state index is 0. The Morgan fingerprint density at radius 2 is 1.07 bits per heavy atom. The van der Waals surface area contributed by atoms with E-state index in [2.05, 4.69) is 24.3 Å². The SMILES string of the molecule is Cl.Cl.O.O.c1ccc2c(c1)CCCC2. The molecule has 1 aliphatic carbocycles. The van der Waals surface area contributed by atoms with E-state index in [-0.39, 0.29) is 35.8 Å². The first-order valence-corrected chi connectivity index (χ1v) is 4.03. The van der Waals surface area contributed by atoms with Crippen LogP contribution in [0.3, 0.4) is 0 Å². The average Bonchev–Trinajstić information content (AvgIpc) is 2.05. The zero-order valence-electron chi connectivity index (χ0n) is 7.95. The van der Waals surface area contributed by atoms with Crippen LogP contribution < -0.4 is 0 Å². The van der Waals surface area contributed by atoms with Gasteiger partial charge in [-0.1, -0.05) is 24.3 Å². The predicted molar refractivity (Wildman–Crippen MR) is 64.8 cm³/mol. The molecule has 0 bridgehead atoms. The number of aryl methyl sites for hydroxylation is 2. The molecule has 2 rings (SSSR count). The lowest BCUT2D eigenvalue weighted by molar-refractivity contribution is 0.685. The van der Waals surface area contributed by atoms with Crippen LogP contribution >= 0.6 is 24.8 Å². The number of halogens is 2. The summed E-state index contributed by atoms with van der Waals surface area (Å²) in [4.78, 5) is 0. The van der Waals surface area contributed by atoms with Gasteiger partial charge in [-0.25, -0.2) is 0 Å². The van der Waals surface area contributed by atoms with Crippen molar-refractivity contribution in [2.45, 2.75) is 25.7 Å². The van der Waals surface area contributed by atoms with Crippen LogP contribution in [0, 0.1) is 0 Å². The summed E-state index contributed by atoms with van der Waals surface area (Å²) in [5.74, 6) is 0. The highest BCUT2D eigenvalue weighted by atomic mass is 35.5.